The Kier molecular flexibility index (Phi) is 5.77. The number of rotatable bonds is 4. The number of hydrogen-bond acceptors (Lipinski definition) is 6. The minimum absolute atomic E-state index is 0.0718. The number of hydrogen-bond donors (Lipinski definition) is 2. The number of carbonyl (C=O) groups excluding carboxylic acids is 1. The van der Waals surface area contributed by atoms with Crippen molar-refractivity contribution in [3.63, 3.8) is 0 Å². The maximum absolute atomic E-state index is 12.6. The van der Waals surface area contributed by atoms with Crippen molar-refractivity contribution in [1.82, 2.24) is 4.90 Å². The Morgan fingerprint density at radius 1 is 1.45 bits per heavy atom. The SMILES string of the molecule is CC[C@H](C)[C@H](N)C(=O)O.COc1ccc2c3c1O[C@H]1C(=O)CC[C@H]4[C@@H](C2)N(C)CC[C@]314. The third-order valence-corrected chi connectivity index (χ3v) is 8.13. The van der Waals surface area contributed by atoms with E-state index in [4.69, 9.17) is 20.3 Å². The van der Waals surface area contributed by atoms with Crippen LogP contribution in [0.15, 0.2) is 12.1 Å². The van der Waals surface area contributed by atoms with E-state index in [0.717, 1.165) is 43.7 Å². The average Bonchev–Trinajstić information content (AvgIpc) is 3.12. The number of ether oxygens (including phenoxy) is 2. The van der Waals surface area contributed by atoms with Crippen LogP contribution in [-0.4, -0.2) is 60.6 Å². The van der Waals surface area contributed by atoms with Crippen LogP contribution in [0.25, 0.3) is 0 Å². The molecule has 0 amide bonds. The van der Waals surface area contributed by atoms with Gasteiger partial charge in [0.05, 0.1) is 7.11 Å². The Hall–Kier alpha value is -2.12. The molecule has 2 aliphatic carbocycles. The smallest absolute Gasteiger partial charge is 0.320 e. The molecule has 1 aromatic carbocycles. The number of nitrogens with two attached hydrogens (primary N) is 1. The largest absolute Gasteiger partial charge is 0.493 e. The van der Waals surface area contributed by atoms with Gasteiger partial charge in [-0.25, -0.2) is 0 Å². The van der Waals surface area contributed by atoms with E-state index >= 15 is 0 Å². The van der Waals surface area contributed by atoms with Crippen molar-refractivity contribution in [3.8, 4) is 11.5 Å². The van der Waals surface area contributed by atoms with Crippen molar-refractivity contribution >= 4 is 11.8 Å². The first kappa shape index (κ1) is 22.1. The predicted octanol–water partition coefficient (Wildman–Crippen LogP) is 2.38. The van der Waals surface area contributed by atoms with E-state index in [9.17, 15) is 9.59 Å². The Morgan fingerprint density at radius 3 is 2.81 bits per heavy atom. The van der Waals surface area contributed by atoms with Gasteiger partial charge in [-0.05, 0) is 56.3 Å². The molecule has 0 radical (unpaired) electrons. The molecule has 5 rings (SSSR count). The van der Waals surface area contributed by atoms with Gasteiger partial charge >= 0.3 is 5.97 Å². The fourth-order valence-corrected chi connectivity index (χ4v) is 6.17. The molecule has 7 heteroatoms. The van der Waals surface area contributed by atoms with Crippen LogP contribution in [0, 0.1) is 11.8 Å². The molecule has 3 N–H and O–H groups in total. The number of carboxylic acids is 1. The van der Waals surface area contributed by atoms with E-state index in [0.29, 0.717) is 18.4 Å². The lowest BCUT2D eigenvalue weighted by Crippen LogP contribution is -2.65. The van der Waals surface area contributed by atoms with Crippen LogP contribution in [0.3, 0.4) is 0 Å². The van der Waals surface area contributed by atoms with Crippen LogP contribution in [0.5, 0.6) is 11.5 Å². The number of Topliss-reactive ketones (excluding diaryl/α,β-unsaturated/α-hetero) is 1. The number of carboxylic acid groups (broad SMARTS) is 1. The summed E-state index contributed by atoms with van der Waals surface area (Å²) in [7, 11) is 3.91. The van der Waals surface area contributed by atoms with Gasteiger partial charge in [0.25, 0.3) is 0 Å². The van der Waals surface area contributed by atoms with Crippen molar-refractivity contribution in [2.45, 2.75) is 69.6 Å². The van der Waals surface area contributed by atoms with Crippen LogP contribution in [0.4, 0.5) is 0 Å². The highest BCUT2D eigenvalue weighted by atomic mass is 16.5. The van der Waals surface area contributed by atoms with Gasteiger partial charge in [0.1, 0.15) is 6.04 Å². The molecule has 2 aliphatic heterocycles. The number of aliphatic carboxylic acids is 1. The number of methoxy groups -OCH3 is 1. The Bertz CT molecular complexity index is 887. The summed E-state index contributed by atoms with van der Waals surface area (Å²) >= 11 is 0. The second-order valence-corrected chi connectivity index (χ2v) is 9.53. The minimum atomic E-state index is -0.913. The Morgan fingerprint density at radius 2 is 2.19 bits per heavy atom. The summed E-state index contributed by atoms with van der Waals surface area (Å²) in [5.41, 5.74) is 7.84. The monoisotopic (exact) mass is 430 g/mol. The quantitative estimate of drug-likeness (QED) is 0.756. The van der Waals surface area contributed by atoms with Crippen molar-refractivity contribution in [2.75, 3.05) is 20.7 Å². The molecule has 1 aromatic rings. The first-order valence-corrected chi connectivity index (χ1v) is 11.3. The molecule has 0 aromatic heterocycles. The van der Waals surface area contributed by atoms with Gasteiger partial charge in [-0.2, -0.15) is 0 Å². The highest BCUT2D eigenvalue weighted by Gasteiger charge is 2.65. The second-order valence-electron chi connectivity index (χ2n) is 9.53. The number of likely N-dealkylation sites (N-methyl/N-ethyl adjacent to an activating group) is 1. The molecule has 7 nitrogen and oxygen atoms in total. The van der Waals surface area contributed by atoms with Crippen LogP contribution in [0.2, 0.25) is 0 Å². The lowest BCUT2D eigenvalue weighted by atomic mass is 9.52. The van der Waals surface area contributed by atoms with Gasteiger partial charge in [-0.3, -0.25) is 9.59 Å². The molecule has 6 atom stereocenters. The summed E-state index contributed by atoms with van der Waals surface area (Å²) in [6, 6.07) is 4.03. The van der Waals surface area contributed by atoms with Gasteiger partial charge in [0.2, 0.25) is 0 Å². The van der Waals surface area contributed by atoms with Crippen molar-refractivity contribution in [2.24, 2.45) is 17.6 Å². The van der Waals surface area contributed by atoms with Crippen molar-refractivity contribution < 1.29 is 24.2 Å². The van der Waals surface area contributed by atoms with E-state index in [2.05, 4.69) is 18.0 Å². The fraction of sp³-hybridized carbons (Fsp3) is 0.667. The molecule has 1 spiro atoms. The third-order valence-electron chi connectivity index (χ3n) is 8.13. The maximum Gasteiger partial charge on any atom is 0.320 e. The summed E-state index contributed by atoms with van der Waals surface area (Å²) in [4.78, 5) is 25.3. The van der Waals surface area contributed by atoms with E-state index < -0.39 is 12.0 Å². The van der Waals surface area contributed by atoms with Gasteiger partial charge in [0.15, 0.2) is 23.4 Å². The summed E-state index contributed by atoms with van der Waals surface area (Å²) in [6.07, 6.45) is 4.28. The standard InChI is InChI=1S/C18H21NO3.C6H13NO2/c1-19-8-7-18-11-4-5-13(20)17(18)22-16-14(21-2)6-3-10(15(16)18)9-12(11)19;1-3-4(2)5(7)6(8)9/h3,6,11-12,17H,4-5,7-9H2,1-2H3;4-5H,3,7H2,1-2H3,(H,8,9)/t11-,12+,17-,18-;4-,5-/m00/s1. The highest BCUT2D eigenvalue weighted by Crippen LogP contribution is 2.63. The molecule has 1 saturated heterocycles. The van der Waals surface area contributed by atoms with Crippen LogP contribution >= 0.6 is 0 Å². The first-order valence-electron chi connectivity index (χ1n) is 11.3. The maximum atomic E-state index is 12.6. The molecular formula is C24H34N2O5. The van der Waals surface area contributed by atoms with Gasteiger partial charge in [-0.15, -0.1) is 0 Å². The van der Waals surface area contributed by atoms with Gasteiger partial charge < -0.3 is 25.2 Å². The second kappa shape index (κ2) is 8.10. The fourth-order valence-electron chi connectivity index (χ4n) is 6.17. The zero-order chi connectivity index (χ0) is 22.5. The van der Waals surface area contributed by atoms with Crippen molar-refractivity contribution in [1.29, 1.82) is 0 Å². The molecule has 2 heterocycles. The number of nitrogens with zero attached hydrogens (tertiary/aromatic N) is 1. The van der Waals surface area contributed by atoms with E-state index in [1.807, 2.05) is 19.9 Å². The number of carbonyl (C=O) groups is 2. The first-order chi connectivity index (χ1) is 14.8. The average molecular weight is 431 g/mol. The van der Waals surface area contributed by atoms with E-state index in [1.165, 1.54) is 11.1 Å². The zero-order valence-electron chi connectivity index (χ0n) is 18.9. The molecule has 4 aliphatic rings. The Labute approximate surface area is 183 Å². The topological polar surface area (TPSA) is 102 Å². The third kappa shape index (κ3) is 3.24. The molecule has 170 valence electrons. The van der Waals surface area contributed by atoms with Gasteiger partial charge in [0, 0.05) is 23.4 Å². The number of likely N-dealkylation sites (tertiary alicyclic amines) is 1. The highest BCUT2D eigenvalue weighted by molar-refractivity contribution is 5.89. The minimum Gasteiger partial charge on any atom is -0.493 e. The lowest BCUT2D eigenvalue weighted by Gasteiger charge is -2.57. The van der Waals surface area contributed by atoms with Crippen LogP contribution in [-0.2, 0) is 21.4 Å². The molecular weight excluding hydrogens is 396 g/mol. The summed E-state index contributed by atoms with van der Waals surface area (Å²) in [5, 5.41) is 8.36. The molecule has 31 heavy (non-hydrogen) atoms. The molecule has 1 saturated carbocycles. The summed E-state index contributed by atoms with van der Waals surface area (Å²) < 4.78 is 11.8. The predicted molar refractivity (Wildman–Crippen MR) is 117 cm³/mol. The number of piperidine rings is 1. The number of ketones is 1. The summed E-state index contributed by atoms with van der Waals surface area (Å²) in [6.45, 7) is 4.80. The Balaban J connectivity index is 0.000000221. The summed E-state index contributed by atoms with van der Waals surface area (Å²) in [5.74, 6) is 1.62. The molecule has 2 bridgehead atoms. The van der Waals surface area contributed by atoms with Crippen LogP contribution in [0.1, 0.15) is 50.7 Å². The number of benzene rings is 1. The van der Waals surface area contributed by atoms with E-state index in [-0.39, 0.29) is 23.2 Å². The zero-order valence-corrected chi connectivity index (χ0v) is 18.9. The normalized spacial score (nSPS) is 32.2. The van der Waals surface area contributed by atoms with E-state index in [1.54, 1.807) is 7.11 Å². The van der Waals surface area contributed by atoms with Crippen molar-refractivity contribution in [3.05, 3.63) is 23.3 Å². The van der Waals surface area contributed by atoms with Crippen LogP contribution < -0.4 is 15.2 Å². The molecule has 0 unspecified atom stereocenters. The lowest BCUT2D eigenvalue weighted by molar-refractivity contribution is -0.140. The molecule has 2 fully saturated rings. The van der Waals surface area contributed by atoms with Gasteiger partial charge in [-0.1, -0.05) is 26.3 Å².